The van der Waals surface area contributed by atoms with Crippen molar-refractivity contribution in [1.29, 1.82) is 0 Å². The van der Waals surface area contributed by atoms with E-state index in [1.807, 2.05) is 31.2 Å². The van der Waals surface area contributed by atoms with Gasteiger partial charge in [-0.2, -0.15) is 0 Å². The Balaban J connectivity index is 3.03. The lowest BCUT2D eigenvalue weighted by Crippen LogP contribution is -3.61. The molecule has 1 rings (SSSR count). The third kappa shape index (κ3) is 4.59. The Kier molecular flexibility index (Phi) is 7.21. The zero-order valence-electron chi connectivity index (χ0n) is 11.7. The van der Waals surface area contributed by atoms with E-state index in [0.29, 0.717) is 6.61 Å². The molecule has 0 amide bonds. The predicted octanol–water partition coefficient (Wildman–Crippen LogP) is -0.719. The standard InChI is InChI=1S/C14H17IO5/c1-4-9-20-11-8-6-5-7-10(11)15-12(13(16)18-2)14(17)19-3/h5-8H,4,9H2,1-3H3/p+1. The number of halogens is 1. The Morgan fingerprint density at radius 1 is 1.25 bits per heavy atom. The van der Waals surface area contributed by atoms with Gasteiger partial charge in [-0.3, -0.25) is 0 Å². The van der Waals surface area contributed by atoms with Crippen LogP contribution in [0.4, 0.5) is 0 Å². The zero-order chi connectivity index (χ0) is 15.0. The maximum absolute atomic E-state index is 11.7. The Morgan fingerprint density at radius 2 is 1.95 bits per heavy atom. The van der Waals surface area contributed by atoms with Crippen LogP contribution in [0.5, 0.6) is 5.75 Å². The van der Waals surface area contributed by atoms with Gasteiger partial charge in [-0.05, 0) is 18.6 Å². The van der Waals surface area contributed by atoms with Crippen LogP contribution in [-0.4, -0.2) is 31.9 Å². The zero-order valence-corrected chi connectivity index (χ0v) is 13.8. The fraction of sp³-hybridized carbons (Fsp3) is 0.357. The highest BCUT2D eigenvalue weighted by molar-refractivity contribution is 5.85. The van der Waals surface area contributed by atoms with Gasteiger partial charge in [0.15, 0.2) is 5.75 Å². The first-order valence-corrected chi connectivity index (χ1v) is 8.22. The molecule has 0 aromatic heterocycles. The van der Waals surface area contributed by atoms with E-state index in [0.717, 1.165) is 15.7 Å². The summed E-state index contributed by atoms with van der Waals surface area (Å²) in [5.41, 5.74) is 0. The Labute approximate surface area is 128 Å². The summed E-state index contributed by atoms with van der Waals surface area (Å²) in [6.07, 6.45) is 0.898. The summed E-state index contributed by atoms with van der Waals surface area (Å²) < 4.78 is 16.1. The fourth-order valence-electron chi connectivity index (χ4n) is 1.30. The van der Waals surface area contributed by atoms with Crippen LogP contribution in [0.1, 0.15) is 13.3 Å². The first kappa shape index (κ1) is 16.6. The van der Waals surface area contributed by atoms with Crippen LogP contribution in [0.15, 0.2) is 33.8 Å². The fourth-order valence-corrected chi connectivity index (χ4v) is 3.76. The van der Waals surface area contributed by atoms with Crippen molar-refractivity contribution in [3.63, 3.8) is 0 Å². The summed E-state index contributed by atoms with van der Waals surface area (Å²) in [7, 11) is 2.58. The van der Waals surface area contributed by atoms with E-state index < -0.39 is 33.1 Å². The highest BCUT2D eigenvalue weighted by Gasteiger charge is 2.36. The third-order valence-electron chi connectivity index (χ3n) is 2.24. The minimum Gasteiger partial charge on any atom is -0.489 e. The van der Waals surface area contributed by atoms with Crippen LogP contribution in [0, 0.1) is 3.57 Å². The molecule has 0 bridgehead atoms. The molecular formula is C14H18IO5+. The van der Waals surface area contributed by atoms with Gasteiger partial charge in [0.05, 0.1) is 20.8 Å². The van der Waals surface area contributed by atoms with Gasteiger partial charge in [0, 0.05) is 0 Å². The molecule has 0 atom stereocenters. The van der Waals surface area contributed by atoms with Crippen molar-refractivity contribution in [2.24, 2.45) is 0 Å². The van der Waals surface area contributed by atoms with Crippen molar-refractivity contribution in [1.82, 2.24) is 0 Å². The number of rotatable bonds is 7. The highest BCUT2D eigenvalue weighted by atomic mass is 127. The first-order chi connectivity index (χ1) is 9.63. The molecule has 1 aromatic carbocycles. The first-order valence-electron chi connectivity index (χ1n) is 6.06. The molecule has 1 N–H and O–H groups in total. The molecule has 0 unspecified atom stereocenters. The summed E-state index contributed by atoms with van der Waals surface area (Å²) in [5.74, 6) is -0.246. The molecule has 0 fully saturated rings. The number of esters is 1. The summed E-state index contributed by atoms with van der Waals surface area (Å²) in [5, 5.41) is 9.69. The van der Waals surface area contributed by atoms with Gasteiger partial charge in [0.25, 0.3) is 0 Å². The van der Waals surface area contributed by atoms with Crippen molar-refractivity contribution < 1.29 is 45.3 Å². The van der Waals surface area contributed by atoms with Crippen LogP contribution in [0.2, 0.25) is 0 Å². The van der Waals surface area contributed by atoms with Gasteiger partial charge >= 0.3 is 36.7 Å². The van der Waals surface area contributed by atoms with Gasteiger partial charge in [-0.15, -0.1) is 0 Å². The number of ether oxygens (including phenoxy) is 3. The predicted molar refractivity (Wildman–Crippen MR) is 69.6 cm³/mol. The second kappa shape index (κ2) is 8.68. The van der Waals surface area contributed by atoms with E-state index in [1.54, 1.807) is 0 Å². The topological polar surface area (TPSA) is 65.0 Å². The monoisotopic (exact) mass is 393 g/mol. The Hall–Kier alpha value is -1.44. The van der Waals surface area contributed by atoms with Crippen molar-refractivity contribution in [2.75, 3.05) is 20.8 Å². The average molecular weight is 393 g/mol. The maximum atomic E-state index is 11.7. The van der Waals surface area contributed by atoms with E-state index in [1.165, 1.54) is 14.2 Å². The molecule has 0 aliphatic carbocycles. The largest absolute Gasteiger partial charge is 0.489 e. The van der Waals surface area contributed by atoms with Crippen LogP contribution in [0.25, 0.3) is 0 Å². The number of aliphatic hydroxyl groups is 1. The SMILES string of the molecule is CCCOc1ccccc1[I+]/C(C(=O)OC)=C(/O)OC. The number of hydrogen-bond acceptors (Lipinski definition) is 5. The molecule has 1 aromatic rings. The second-order valence-electron chi connectivity index (χ2n) is 3.69. The number of aliphatic hydroxyl groups excluding tert-OH is 1. The van der Waals surface area contributed by atoms with E-state index in [9.17, 15) is 9.90 Å². The molecule has 6 heteroatoms. The number of benzene rings is 1. The molecule has 0 aliphatic rings. The molecule has 0 radical (unpaired) electrons. The highest BCUT2D eigenvalue weighted by Crippen LogP contribution is 2.09. The maximum Gasteiger partial charge on any atom is 0.392 e. The lowest BCUT2D eigenvalue weighted by molar-refractivity contribution is -0.576. The van der Waals surface area contributed by atoms with Gasteiger partial charge in [0.2, 0.25) is 3.57 Å². The van der Waals surface area contributed by atoms with Gasteiger partial charge < -0.3 is 19.3 Å². The normalized spacial score (nSPS) is 11.6. The van der Waals surface area contributed by atoms with Crippen LogP contribution >= 0.6 is 0 Å². The molecule has 0 heterocycles. The average Bonchev–Trinajstić information content (AvgIpc) is 2.49. The molecule has 0 saturated carbocycles. The van der Waals surface area contributed by atoms with E-state index >= 15 is 0 Å². The Bertz CT molecular complexity index is 484. The third-order valence-corrected chi connectivity index (χ3v) is 5.15. The molecule has 0 saturated heterocycles. The summed E-state index contributed by atoms with van der Waals surface area (Å²) in [4.78, 5) is 11.7. The van der Waals surface area contributed by atoms with Crippen molar-refractivity contribution in [3.05, 3.63) is 37.4 Å². The molecule has 0 spiro atoms. The lowest BCUT2D eigenvalue weighted by Gasteiger charge is -2.04. The molecule has 20 heavy (non-hydrogen) atoms. The number of para-hydroxylation sites is 1. The minimum atomic E-state index is -0.967. The van der Waals surface area contributed by atoms with Crippen LogP contribution < -0.4 is 25.9 Å². The quantitative estimate of drug-likeness (QED) is 0.287. The molecular weight excluding hydrogens is 375 g/mol. The van der Waals surface area contributed by atoms with Crippen molar-refractivity contribution in [3.8, 4) is 5.75 Å². The number of methoxy groups -OCH3 is 2. The molecule has 5 nitrogen and oxygen atoms in total. The lowest BCUT2D eigenvalue weighted by atomic mass is 10.3. The van der Waals surface area contributed by atoms with Crippen molar-refractivity contribution in [2.45, 2.75) is 13.3 Å². The van der Waals surface area contributed by atoms with E-state index in [-0.39, 0.29) is 3.58 Å². The van der Waals surface area contributed by atoms with Crippen molar-refractivity contribution >= 4 is 5.97 Å². The summed E-state index contributed by atoms with van der Waals surface area (Å²) in [6, 6.07) is 7.47. The minimum absolute atomic E-state index is 0.168. The van der Waals surface area contributed by atoms with E-state index in [4.69, 9.17) is 9.47 Å². The molecule has 110 valence electrons. The van der Waals surface area contributed by atoms with Gasteiger partial charge in [-0.1, -0.05) is 19.1 Å². The van der Waals surface area contributed by atoms with Crippen LogP contribution in [0.3, 0.4) is 0 Å². The summed E-state index contributed by atoms with van der Waals surface area (Å²) >= 11 is -0.967. The van der Waals surface area contributed by atoms with Crippen LogP contribution in [-0.2, 0) is 14.3 Å². The van der Waals surface area contributed by atoms with E-state index in [2.05, 4.69) is 4.74 Å². The number of carbonyl (C=O) groups is 1. The van der Waals surface area contributed by atoms with Gasteiger partial charge in [0.1, 0.15) is 0 Å². The number of hydrogen-bond donors (Lipinski definition) is 1. The summed E-state index contributed by atoms with van der Waals surface area (Å²) in [6.45, 7) is 2.63. The van der Waals surface area contributed by atoms with Gasteiger partial charge in [-0.25, -0.2) is 4.79 Å². The molecule has 0 aliphatic heterocycles. The Morgan fingerprint density at radius 3 is 2.55 bits per heavy atom. The smallest absolute Gasteiger partial charge is 0.392 e. The number of carbonyl (C=O) groups excluding carboxylic acids is 1. The second-order valence-corrected chi connectivity index (χ2v) is 6.47.